The molecule has 1 amide bonds. The van der Waals surface area contributed by atoms with Crippen molar-refractivity contribution in [2.45, 2.75) is 18.6 Å². The maximum Gasteiger partial charge on any atom is 0.224 e. The van der Waals surface area contributed by atoms with Gasteiger partial charge in [-0.2, -0.15) is 0 Å². The van der Waals surface area contributed by atoms with Crippen LogP contribution in [0, 0.1) is 0 Å². The zero-order valence-electron chi connectivity index (χ0n) is 12.3. The summed E-state index contributed by atoms with van der Waals surface area (Å²) in [5.74, 6) is -0.364. The fourth-order valence-corrected chi connectivity index (χ4v) is 2.98. The number of aryl methyl sites for hydroxylation is 1. The van der Waals surface area contributed by atoms with E-state index in [2.05, 4.69) is 5.32 Å². The Hall–Kier alpha value is -1.89. The van der Waals surface area contributed by atoms with Gasteiger partial charge in [0.2, 0.25) is 15.9 Å². The number of hydrogen-bond donors (Lipinski definition) is 2. The number of carbonyl (C=O) groups excluding carboxylic acids is 1. The molecule has 5 nitrogen and oxygen atoms in total. The maximum atomic E-state index is 11.9. The molecule has 0 unspecified atom stereocenters. The summed E-state index contributed by atoms with van der Waals surface area (Å²) >= 11 is 6.05. The van der Waals surface area contributed by atoms with Crippen LogP contribution in [0.15, 0.2) is 48.5 Å². The molecule has 122 valence electrons. The molecular weight excluding hydrogens is 336 g/mol. The van der Waals surface area contributed by atoms with E-state index >= 15 is 0 Å². The molecule has 0 fully saturated rings. The lowest BCUT2D eigenvalue weighted by molar-refractivity contribution is -0.116. The summed E-state index contributed by atoms with van der Waals surface area (Å²) < 4.78 is 22.0. The van der Waals surface area contributed by atoms with Gasteiger partial charge in [-0.1, -0.05) is 41.9 Å². The molecule has 0 bridgehead atoms. The average Bonchev–Trinajstić information content (AvgIpc) is 2.47. The molecule has 0 saturated heterocycles. The number of nitrogens with one attached hydrogen (secondary N) is 1. The first-order valence-corrected chi connectivity index (χ1v) is 9.05. The molecule has 0 radical (unpaired) electrons. The molecular formula is C16H17ClN2O3S. The lowest BCUT2D eigenvalue weighted by atomic mass is 10.1. The first-order chi connectivity index (χ1) is 10.8. The lowest BCUT2D eigenvalue weighted by Crippen LogP contribution is -2.15. The maximum absolute atomic E-state index is 11.9. The van der Waals surface area contributed by atoms with E-state index in [1.807, 2.05) is 18.2 Å². The average molecular weight is 353 g/mol. The van der Waals surface area contributed by atoms with E-state index in [1.54, 1.807) is 30.3 Å². The van der Waals surface area contributed by atoms with Crippen LogP contribution in [0.5, 0.6) is 0 Å². The van der Waals surface area contributed by atoms with Crippen LogP contribution in [0.2, 0.25) is 5.02 Å². The highest BCUT2D eigenvalue weighted by atomic mass is 35.5. The predicted octanol–water partition coefficient (Wildman–Crippen LogP) is 2.70. The van der Waals surface area contributed by atoms with Gasteiger partial charge in [0.1, 0.15) is 0 Å². The Kier molecular flexibility index (Phi) is 5.76. The van der Waals surface area contributed by atoms with Gasteiger partial charge >= 0.3 is 0 Å². The fourth-order valence-electron chi connectivity index (χ4n) is 2.09. The lowest BCUT2D eigenvalue weighted by Gasteiger charge is -2.07. The molecule has 0 aromatic heterocycles. The first-order valence-electron chi connectivity index (χ1n) is 6.96. The summed E-state index contributed by atoms with van der Waals surface area (Å²) in [5, 5.41) is 8.39. The van der Waals surface area contributed by atoms with E-state index in [1.165, 1.54) is 0 Å². The van der Waals surface area contributed by atoms with E-state index in [9.17, 15) is 13.2 Å². The highest BCUT2D eigenvalue weighted by Gasteiger charge is 2.07. The summed E-state index contributed by atoms with van der Waals surface area (Å²) in [7, 11) is -3.56. The normalized spacial score (nSPS) is 11.2. The summed E-state index contributed by atoms with van der Waals surface area (Å²) in [4.78, 5) is 11.9. The summed E-state index contributed by atoms with van der Waals surface area (Å²) in [6.45, 7) is 0. The number of benzene rings is 2. The largest absolute Gasteiger partial charge is 0.326 e. The van der Waals surface area contributed by atoms with Crippen molar-refractivity contribution in [3.05, 3.63) is 64.7 Å². The van der Waals surface area contributed by atoms with Crippen molar-refractivity contribution >= 4 is 33.2 Å². The van der Waals surface area contributed by atoms with E-state index in [0.717, 1.165) is 5.56 Å². The number of primary sulfonamides is 1. The van der Waals surface area contributed by atoms with Gasteiger partial charge in [0, 0.05) is 17.1 Å². The highest BCUT2D eigenvalue weighted by molar-refractivity contribution is 7.88. The van der Waals surface area contributed by atoms with E-state index in [4.69, 9.17) is 16.7 Å². The van der Waals surface area contributed by atoms with Crippen molar-refractivity contribution in [3.63, 3.8) is 0 Å². The van der Waals surface area contributed by atoms with Gasteiger partial charge in [-0.05, 0) is 35.7 Å². The molecule has 0 saturated carbocycles. The zero-order chi connectivity index (χ0) is 16.9. The third-order valence-corrected chi connectivity index (χ3v) is 4.29. The molecule has 7 heteroatoms. The minimum Gasteiger partial charge on any atom is -0.326 e. The second-order valence-corrected chi connectivity index (χ2v) is 7.17. The highest BCUT2D eigenvalue weighted by Crippen LogP contribution is 2.17. The molecule has 23 heavy (non-hydrogen) atoms. The first kappa shape index (κ1) is 17.5. The quantitative estimate of drug-likeness (QED) is 0.837. The number of halogens is 1. The Labute approximate surface area is 140 Å². The predicted molar refractivity (Wildman–Crippen MR) is 91.7 cm³/mol. The van der Waals surface area contributed by atoms with E-state index in [0.29, 0.717) is 29.1 Å². The summed E-state index contributed by atoms with van der Waals surface area (Å²) in [6.07, 6.45) is 0.859. The second kappa shape index (κ2) is 7.59. The minimum atomic E-state index is -3.56. The van der Waals surface area contributed by atoms with Crippen molar-refractivity contribution in [1.82, 2.24) is 0 Å². The molecule has 0 aliphatic carbocycles. The molecule has 0 aliphatic rings. The number of carbonyl (C=O) groups is 1. The van der Waals surface area contributed by atoms with E-state index in [-0.39, 0.29) is 11.7 Å². The Morgan fingerprint density at radius 1 is 1.09 bits per heavy atom. The Bertz CT molecular complexity index is 789. The van der Waals surface area contributed by atoms with Gasteiger partial charge in [-0.25, -0.2) is 13.6 Å². The van der Waals surface area contributed by atoms with Gasteiger partial charge in [-0.15, -0.1) is 0 Å². The molecule has 2 aromatic rings. The van der Waals surface area contributed by atoms with Crippen molar-refractivity contribution in [2.75, 3.05) is 5.32 Å². The topological polar surface area (TPSA) is 89.3 Å². The molecule has 2 rings (SSSR count). The van der Waals surface area contributed by atoms with Crippen LogP contribution in [-0.4, -0.2) is 14.3 Å². The standard InChI is InChI=1S/C16H17ClN2O3S/c17-15-4-2-1-3-13(15)7-10-16(20)19-14-8-5-12(6-9-14)11-23(18,21)22/h1-6,8-9H,7,10-11H2,(H,19,20)(H2,18,21,22). The van der Waals surface area contributed by atoms with Crippen molar-refractivity contribution < 1.29 is 13.2 Å². The van der Waals surface area contributed by atoms with E-state index < -0.39 is 10.0 Å². The van der Waals surface area contributed by atoms with Crippen LogP contribution in [0.4, 0.5) is 5.69 Å². The third kappa shape index (κ3) is 6.02. The monoisotopic (exact) mass is 352 g/mol. The van der Waals surface area contributed by atoms with Crippen LogP contribution in [0.3, 0.4) is 0 Å². The minimum absolute atomic E-state index is 0.135. The van der Waals surface area contributed by atoms with Crippen LogP contribution < -0.4 is 10.5 Å². The van der Waals surface area contributed by atoms with Gasteiger partial charge in [0.15, 0.2) is 0 Å². The molecule has 3 N–H and O–H groups in total. The number of rotatable bonds is 6. The Morgan fingerprint density at radius 3 is 2.35 bits per heavy atom. The van der Waals surface area contributed by atoms with Gasteiger partial charge in [0.05, 0.1) is 5.75 Å². The molecule has 0 aliphatic heterocycles. The van der Waals surface area contributed by atoms with Crippen molar-refractivity contribution in [3.8, 4) is 0 Å². The molecule has 0 spiro atoms. The number of nitrogens with two attached hydrogens (primary N) is 1. The van der Waals surface area contributed by atoms with Crippen molar-refractivity contribution in [2.24, 2.45) is 5.14 Å². The van der Waals surface area contributed by atoms with Crippen LogP contribution >= 0.6 is 11.6 Å². The molecule has 0 heterocycles. The van der Waals surface area contributed by atoms with Crippen LogP contribution in [0.25, 0.3) is 0 Å². The van der Waals surface area contributed by atoms with Crippen LogP contribution in [0.1, 0.15) is 17.5 Å². The van der Waals surface area contributed by atoms with Crippen LogP contribution in [-0.2, 0) is 27.0 Å². The fraction of sp³-hybridized carbons (Fsp3) is 0.188. The van der Waals surface area contributed by atoms with Gasteiger partial charge in [-0.3, -0.25) is 4.79 Å². The number of sulfonamides is 1. The molecule has 0 atom stereocenters. The zero-order valence-corrected chi connectivity index (χ0v) is 13.9. The summed E-state index contributed by atoms with van der Waals surface area (Å²) in [5.41, 5.74) is 2.10. The second-order valence-electron chi connectivity index (χ2n) is 5.14. The molecule has 2 aromatic carbocycles. The Morgan fingerprint density at radius 2 is 1.74 bits per heavy atom. The SMILES string of the molecule is NS(=O)(=O)Cc1ccc(NC(=O)CCc2ccccc2Cl)cc1. The Balaban J connectivity index is 1.89. The third-order valence-electron chi connectivity index (χ3n) is 3.18. The number of hydrogen-bond acceptors (Lipinski definition) is 3. The summed E-state index contributed by atoms with van der Waals surface area (Å²) in [6, 6.07) is 13.9. The van der Waals surface area contributed by atoms with Gasteiger partial charge in [0.25, 0.3) is 0 Å². The number of anilines is 1. The smallest absolute Gasteiger partial charge is 0.224 e. The van der Waals surface area contributed by atoms with Crippen molar-refractivity contribution in [1.29, 1.82) is 0 Å². The van der Waals surface area contributed by atoms with Gasteiger partial charge < -0.3 is 5.32 Å². The number of amides is 1.